The monoisotopic (exact) mass is 239 g/mol. The highest BCUT2D eigenvalue weighted by atomic mass is 15.1. The van der Waals surface area contributed by atoms with Gasteiger partial charge in [-0.1, -0.05) is 39.3 Å². The second-order valence-electron chi connectivity index (χ2n) is 6.06. The van der Waals surface area contributed by atoms with Gasteiger partial charge in [-0.25, -0.2) is 0 Å². The Morgan fingerprint density at radius 3 is 2.00 bits per heavy atom. The van der Waals surface area contributed by atoms with Gasteiger partial charge in [-0.2, -0.15) is 0 Å². The maximum absolute atomic E-state index is 4.31. The van der Waals surface area contributed by atoms with E-state index in [1.54, 1.807) is 0 Å². The van der Waals surface area contributed by atoms with E-state index >= 15 is 0 Å². The second kappa shape index (κ2) is 7.92. The van der Waals surface area contributed by atoms with E-state index in [2.05, 4.69) is 60.1 Å². The van der Waals surface area contributed by atoms with Crippen molar-refractivity contribution in [3.8, 4) is 0 Å². The summed E-state index contributed by atoms with van der Waals surface area (Å²) in [6.45, 7) is 18.0. The average Bonchev–Trinajstić information content (AvgIpc) is 2.25. The predicted octanol–water partition coefficient (Wildman–Crippen LogP) is 4.73. The summed E-state index contributed by atoms with van der Waals surface area (Å²) in [5.74, 6) is 1.30. The molecule has 1 heteroatoms. The molecule has 102 valence electrons. The van der Waals surface area contributed by atoms with Gasteiger partial charge in [-0.05, 0) is 52.5 Å². The first kappa shape index (κ1) is 16.7. The summed E-state index contributed by atoms with van der Waals surface area (Å²) in [6, 6.07) is 1.27. The summed E-state index contributed by atoms with van der Waals surface area (Å²) in [5.41, 5.74) is 1.44. The van der Waals surface area contributed by atoms with E-state index in [0.29, 0.717) is 23.9 Å². The lowest BCUT2D eigenvalue weighted by Gasteiger charge is -2.32. The van der Waals surface area contributed by atoms with Crippen molar-refractivity contribution in [1.29, 1.82) is 0 Å². The summed E-state index contributed by atoms with van der Waals surface area (Å²) < 4.78 is 0. The zero-order chi connectivity index (χ0) is 13.6. The fourth-order valence-electron chi connectivity index (χ4n) is 2.36. The Bertz CT molecular complexity index is 218. The molecule has 0 spiro atoms. The van der Waals surface area contributed by atoms with Gasteiger partial charge in [0.1, 0.15) is 0 Å². The van der Waals surface area contributed by atoms with Crippen LogP contribution < -0.4 is 0 Å². The number of hydrogen-bond donors (Lipinski definition) is 0. The van der Waals surface area contributed by atoms with Crippen LogP contribution in [0.5, 0.6) is 0 Å². The lowest BCUT2D eigenvalue weighted by atomic mass is 9.83. The predicted molar refractivity (Wildman–Crippen MR) is 79.4 cm³/mol. The Balaban J connectivity index is 4.49. The first-order valence-electron chi connectivity index (χ1n) is 7.21. The molecule has 0 aromatic carbocycles. The lowest BCUT2D eigenvalue weighted by Crippen LogP contribution is -2.36. The topological polar surface area (TPSA) is 3.24 Å². The average molecular weight is 239 g/mol. The van der Waals surface area contributed by atoms with Gasteiger partial charge in [-0.3, -0.25) is 0 Å². The van der Waals surface area contributed by atoms with Gasteiger partial charge in [0.15, 0.2) is 0 Å². The summed E-state index contributed by atoms with van der Waals surface area (Å²) >= 11 is 0. The van der Waals surface area contributed by atoms with Crippen molar-refractivity contribution in [2.45, 2.75) is 72.9 Å². The summed E-state index contributed by atoms with van der Waals surface area (Å²) in [6.07, 6.45) is 3.79. The molecule has 0 N–H and O–H groups in total. The smallest absolute Gasteiger partial charge is 0.00722 e. The van der Waals surface area contributed by atoms with Gasteiger partial charge in [0, 0.05) is 12.1 Å². The van der Waals surface area contributed by atoms with Crippen LogP contribution in [0.3, 0.4) is 0 Å². The van der Waals surface area contributed by atoms with E-state index < -0.39 is 0 Å². The van der Waals surface area contributed by atoms with Crippen molar-refractivity contribution in [2.75, 3.05) is 7.05 Å². The van der Waals surface area contributed by atoms with Crippen LogP contribution in [0.25, 0.3) is 0 Å². The minimum absolute atomic E-state index is 0.614. The van der Waals surface area contributed by atoms with Gasteiger partial charge in [0.2, 0.25) is 0 Å². The van der Waals surface area contributed by atoms with Gasteiger partial charge in [-0.15, -0.1) is 0 Å². The number of nitrogens with zero attached hydrogens (tertiary/aromatic N) is 1. The van der Waals surface area contributed by atoms with Gasteiger partial charge >= 0.3 is 0 Å². The number of rotatable bonds is 8. The Kier molecular flexibility index (Phi) is 7.78. The highest BCUT2D eigenvalue weighted by Crippen LogP contribution is 2.28. The largest absolute Gasteiger partial charge is 0.301 e. The molecule has 0 saturated carbocycles. The van der Waals surface area contributed by atoms with Crippen LogP contribution in [0.2, 0.25) is 0 Å². The van der Waals surface area contributed by atoms with Gasteiger partial charge < -0.3 is 4.90 Å². The molecule has 2 unspecified atom stereocenters. The molecule has 0 amide bonds. The van der Waals surface area contributed by atoms with E-state index in [1.807, 2.05) is 0 Å². The van der Waals surface area contributed by atoms with Crippen molar-refractivity contribution in [2.24, 2.45) is 11.8 Å². The normalized spacial score (nSPS) is 15.6. The van der Waals surface area contributed by atoms with Crippen LogP contribution in [-0.4, -0.2) is 24.0 Å². The first-order chi connectivity index (χ1) is 7.81. The van der Waals surface area contributed by atoms with Crippen molar-refractivity contribution in [3.05, 3.63) is 12.2 Å². The van der Waals surface area contributed by atoms with E-state index in [0.717, 1.165) is 0 Å². The molecule has 0 aromatic rings. The molecular formula is C16H33N. The summed E-state index contributed by atoms with van der Waals surface area (Å²) in [5, 5.41) is 0. The lowest BCUT2D eigenvalue weighted by molar-refractivity contribution is 0.181. The molecule has 2 atom stereocenters. The molecule has 0 aliphatic heterocycles. The molecule has 0 aliphatic rings. The van der Waals surface area contributed by atoms with Crippen LogP contribution in [-0.2, 0) is 0 Å². The fraction of sp³-hybridized carbons (Fsp3) is 0.875. The molecule has 17 heavy (non-hydrogen) atoms. The van der Waals surface area contributed by atoms with Crippen molar-refractivity contribution in [1.82, 2.24) is 4.90 Å². The molecule has 0 aromatic heterocycles. The minimum atomic E-state index is 0.614. The summed E-state index contributed by atoms with van der Waals surface area (Å²) in [7, 11) is 2.23. The van der Waals surface area contributed by atoms with Crippen LogP contribution in [0.15, 0.2) is 12.2 Å². The molecule has 0 heterocycles. The Labute approximate surface area is 109 Å². The third-order valence-corrected chi connectivity index (χ3v) is 4.04. The van der Waals surface area contributed by atoms with Gasteiger partial charge in [0.05, 0.1) is 0 Å². The van der Waals surface area contributed by atoms with E-state index in [9.17, 15) is 0 Å². The molecule has 0 rings (SSSR count). The zero-order valence-corrected chi connectivity index (χ0v) is 13.1. The number of hydrogen-bond acceptors (Lipinski definition) is 1. The molecule has 1 nitrogen and oxygen atoms in total. The second-order valence-corrected chi connectivity index (χ2v) is 6.06. The van der Waals surface area contributed by atoms with E-state index in [-0.39, 0.29) is 0 Å². The molecule has 0 radical (unpaired) electrons. The fourth-order valence-corrected chi connectivity index (χ4v) is 2.36. The summed E-state index contributed by atoms with van der Waals surface area (Å²) in [4.78, 5) is 2.47. The molecule has 0 fully saturated rings. The molecular weight excluding hydrogens is 206 g/mol. The van der Waals surface area contributed by atoms with Crippen molar-refractivity contribution >= 4 is 0 Å². The maximum Gasteiger partial charge on any atom is 0.00722 e. The standard InChI is InChI=1S/C16H33N/c1-9-10-16(15(7)12(2)3)11-14(6)17(8)13(4)5/h12-14,16H,7,9-11H2,1-6,8H3. The van der Waals surface area contributed by atoms with Crippen molar-refractivity contribution < 1.29 is 0 Å². The third-order valence-electron chi connectivity index (χ3n) is 4.04. The minimum Gasteiger partial charge on any atom is -0.301 e. The van der Waals surface area contributed by atoms with Crippen LogP contribution in [0, 0.1) is 11.8 Å². The quantitative estimate of drug-likeness (QED) is 0.553. The Morgan fingerprint density at radius 1 is 1.12 bits per heavy atom. The Morgan fingerprint density at radius 2 is 1.65 bits per heavy atom. The first-order valence-corrected chi connectivity index (χ1v) is 7.21. The Hall–Kier alpha value is -0.300. The van der Waals surface area contributed by atoms with Crippen LogP contribution in [0.4, 0.5) is 0 Å². The molecule has 0 saturated heterocycles. The number of allylic oxidation sites excluding steroid dienone is 1. The highest BCUT2D eigenvalue weighted by Gasteiger charge is 2.20. The van der Waals surface area contributed by atoms with E-state index in [4.69, 9.17) is 0 Å². The molecule has 0 aliphatic carbocycles. The van der Waals surface area contributed by atoms with Crippen LogP contribution in [0.1, 0.15) is 60.8 Å². The highest BCUT2D eigenvalue weighted by molar-refractivity contribution is 5.04. The van der Waals surface area contributed by atoms with E-state index in [1.165, 1.54) is 24.8 Å². The zero-order valence-electron chi connectivity index (χ0n) is 13.1. The van der Waals surface area contributed by atoms with Crippen LogP contribution >= 0.6 is 0 Å². The molecule has 0 bridgehead atoms. The SMILES string of the molecule is C=C(C(C)C)C(CCC)CC(C)N(C)C(C)C. The van der Waals surface area contributed by atoms with Crippen molar-refractivity contribution in [3.63, 3.8) is 0 Å². The van der Waals surface area contributed by atoms with Gasteiger partial charge in [0.25, 0.3) is 0 Å². The third kappa shape index (κ3) is 5.72. The maximum atomic E-state index is 4.31.